The maximum atomic E-state index is 12.7. The van der Waals surface area contributed by atoms with Gasteiger partial charge in [-0.3, -0.25) is 4.79 Å². The summed E-state index contributed by atoms with van der Waals surface area (Å²) in [6, 6.07) is 11.4. The third-order valence-electron chi connectivity index (χ3n) is 7.08. The lowest BCUT2D eigenvalue weighted by molar-refractivity contribution is -0.124. The number of methoxy groups -OCH3 is 1. The van der Waals surface area contributed by atoms with Crippen LogP contribution in [0.3, 0.4) is 0 Å². The van der Waals surface area contributed by atoms with E-state index in [9.17, 15) is 14.7 Å². The second-order valence-electron chi connectivity index (χ2n) is 9.63. The van der Waals surface area contributed by atoms with Gasteiger partial charge in [-0.05, 0) is 66.1 Å². The van der Waals surface area contributed by atoms with Crippen LogP contribution in [0.1, 0.15) is 59.7 Å². The van der Waals surface area contributed by atoms with Gasteiger partial charge in [-0.2, -0.15) is 0 Å². The summed E-state index contributed by atoms with van der Waals surface area (Å²) in [5, 5.41) is 13.6. The van der Waals surface area contributed by atoms with Crippen LogP contribution in [-0.4, -0.2) is 35.2 Å². The molecule has 1 aromatic heterocycles. The van der Waals surface area contributed by atoms with Crippen molar-refractivity contribution in [2.45, 2.75) is 45.4 Å². The molecule has 0 saturated heterocycles. The van der Waals surface area contributed by atoms with Gasteiger partial charge in [0.2, 0.25) is 5.91 Å². The first-order chi connectivity index (χ1) is 16.4. The van der Waals surface area contributed by atoms with Gasteiger partial charge in [-0.1, -0.05) is 31.9 Å². The van der Waals surface area contributed by atoms with E-state index in [4.69, 9.17) is 4.74 Å². The van der Waals surface area contributed by atoms with Crippen molar-refractivity contribution in [1.29, 1.82) is 0 Å². The Labute approximate surface area is 200 Å². The Kier molecular flexibility index (Phi) is 7.25. The highest BCUT2D eigenvalue weighted by atomic mass is 16.5. The van der Waals surface area contributed by atoms with Gasteiger partial charge in [-0.15, -0.1) is 0 Å². The number of carboxylic acids is 1. The van der Waals surface area contributed by atoms with E-state index in [-0.39, 0.29) is 17.4 Å². The number of aryl methyl sites for hydroxylation is 1. The second kappa shape index (κ2) is 10.3. The lowest BCUT2D eigenvalue weighted by Gasteiger charge is -2.15. The molecule has 6 heteroatoms. The Morgan fingerprint density at radius 3 is 2.62 bits per heavy atom. The molecule has 0 radical (unpaired) electrons. The number of carbonyl (C=O) groups is 2. The van der Waals surface area contributed by atoms with Crippen molar-refractivity contribution in [2.75, 3.05) is 13.7 Å². The monoisotopic (exact) mass is 462 g/mol. The molecule has 0 aliphatic heterocycles. The molecule has 1 fully saturated rings. The number of rotatable bonds is 9. The van der Waals surface area contributed by atoms with Crippen LogP contribution in [-0.2, 0) is 24.7 Å². The number of nitrogens with one attached hydrogen (secondary N) is 1. The number of fused-ring (bicyclic) bond motifs is 1. The van der Waals surface area contributed by atoms with E-state index >= 15 is 0 Å². The standard InChI is InChI=1S/C28H34N2O4/c1-18(27(31)29-16-19-6-4-5-7-19)12-20-8-11-25-24(13-20)23(17-30(25)2)14-21-9-10-22(28(32)33)15-26(21)34-3/h8-11,13,15,17-19H,4-7,12,14,16H2,1-3H3,(H,29,31)(H,32,33). The number of nitrogens with zero attached hydrogens (tertiary/aromatic N) is 1. The molecule has 6 nitrogen and oxygen atoms in total. The van der Waals surface area contributed by atoms with E-state index in [2.05, 4.69) is 34.3 Å². The van der Waals surface area contributed by atoms with Crippen LogP contribution in [0.15, 0.2) is 42.6 Å². The van der Waals surface area contributed by atoms with Crippen molar-refractivity contribution in [3.05, 3.63) is 64.8 Å². The molecule has 1 amide bonds. The smallest absolute Gasteiger partial charge is 0.335 e. The molecule has 0 bridgehead atoms. The number of aromatic carboxylic acids is 1. The molecule has 1 aliphatic carbocycles. The maximum absolute atomic E-state index is 12.7. The predicted molar refractivity (Wildman–Crippen MR) is 134 cm³/mol. The van der Waals surface area contributed by atoms with E-state index in [0.29, 0.717) is 24.5 Å². The summed E-state index contributed by atoms with van der Waals surface area (Å²) in [4.78, 5) is 24.0. The fraction of sp³-hybridized carbons (Fsp3) is 0.429. The molecule has 180 valence electrons. The first-order valence-corrected chi connectivity index (χ1v) is 12.1. The molecule has 1 unspecified atom stereocenters. The van der Waals surface area contributed by atoms with Crippen molar-refractivity contribution in [3.63, 3.8) is 0 Å². The molecule has 34 heavy (non-hydrogen) atoms. The van der Waals surface area contributed by atoms with Crippen LogP contribution in [0.25, 0.3) is 10.9 Å². The van der Waals surface area contributed by atoms with Gasteiger partial charge in [-0.25, -0.2) is 4.79 Å². The summed E-state index contributed by atoms with van der Waals surface area (Å²) in [5.74, 6) is 0.279. The van der Waals surface area contributed by atoms with E-state index in [1.165, 1.54) is 25.7 Å². The van der Waals surface area contributed by atoms with Gasteiger partial charge in [0.25, 0.3) is 0 Å². The number of ether oxygens (including phenoxy) is 1. The van der Waals surface area contributed by atoms with Gasteiger partial charge in [0.05, 0.1) is 12.7 Å². The SMILES string of the molecule is COc1cc(C(=O)O)ccc1Cc1cn(C)c2ccc(CC(C)C(=O)NCC3CCCC3)cc12. The first kappa shape index (κ1) is 23.9. The van der Waals surface area contributed by atoms with Gasteiger partial charge in [0.1, 0.15) is 5.75 Å². The highest BCUT2D eigenvalue weighted by molar-refractivity contribution is 5.88. The summed E-state index contributed by atoms with van der Waals surface area (Å²) in [7, 11) is 3.58. The lowest BCUT2D eigenvalue weighted by atomic mass is 9.96. The van der Waals surface area contributed by atoms with E-state index < -0.39 is 5.97 Å². The maximum Gasteiger partial charge on any atom is 0.335 e. The molecule has 2 aromatic carbocycles. The topological polar surface area (TPSA) is 80.6 Å². The minimum atomic E-state index is -0.971. The number of aromatic nitrogens is 1. The Morgan fingerprint density at radius 1 is 1.15 bits per heavy atom. The Bertz CT molecular complexity index is 1190. The normalized spacial score (nSPS) is 14.9. The van der Waals surface area contributed by atoms with Crippen molar-refractivity contribution < 1.29 is 19.4 Å². The Balaban J connectivity index is 1.51. The zero-order valence-electron chi connectivity index (χ0n) is 20.3. The van der Waals surface area contributed by atoms with E-state index in [1.807, 2.05) is 20.0 Å². The third kappa shape index (κ3) is 5.27. The summed E-state index contributed by atoms with van der Waals surface area (Å²) in [5.41, 5.74) is 4.54. The Morgan fingerprint density at radius 2 is 1.91 bits per heavy atom. The summed E-state index contributed by atoms with van der Waals surface area (Å²) >= 11 is 0. The minimum absolute atomic E-state index is 0.0883. The molecular weight excluding hydrogens is 428 g/mol. The third-order valence-corrected chi connectivity index (χ3v) is 7.08. The number of amides is 1. The molecule has 2 N–H and O–H groups in total. The second-order valence-corrected chi connectivity index (χ2v) is 9.63. The number of benzene rings is 2. The van der Waals surface area contributed by atoms with Gasteiger partial charge >= 0.3 is 5.97 Å². The van der Waals surface area contributed by atoms with Crippen molar-refractivity contribution >= 4 is 22.8 Å². The van der Waals surface area contributed by atoms with E-state index in [0.717, 1.165) is 34.1 Å². The molecule has 1 aliphatic rings. The van der Waals surface area contributed by atoms with Gasteiger partial charge in [0.15, 0.2) is 0 Å². The minimum Gasteiger partial charge on any atom is -0.496 e. The van der Waals surface area contributed by atoms with Crippen LogP contribution >= 0.6 is 0 Å². The van der Waals surface area contributed by atoms with Crippen LogP contribution in [0.5, 0.6) is 5.75 Å². The molecule has 0 spiro atoms. The highest BCUT2D eigenvalue weighted by Gasteiger charge is 2.19. The quantitative estimate of drug-likeness (QED) is 0.471. The van der Waals surface area contributed by atoms with Crippen molar-refractivity contribution in [1.82, 2.24) is 9.88 Å². The van der Waals surface area contributed by atoms with E-state index in [1.54, 1.807) is 19.2 Å². The van der Waals surface area contributed by atoms with Crippen LogP contribution < -0.4 is 10.1 Å². The summed E-state index contributed by atoms with van der Waals surface area (Å²) in [6.45, 7) is 2.79. The summed E-state index contributed by atoms with van der Waals surface area (Å²) < 4.78 is 7.58. The molecule has 4 rings (SSSR count). The fourth-order valence-corrected chi connectivity index (χ4v) is 5.10. The van der Waals surface area contributed by atoms with Crippen LogP contribution in [0, 0.1) is 11.8 Å². The number of carbonyl (C=O) groups excluding carboxylic acids is 1. The summed E-state index contributed by atoms with van der Waals surface area (Å²) in [6.07, 6.45) is 8.45. The molecule has 1 heterocycles. The lowest BCUT2D eigenvalue weighted by Crippen LogP contribution is -2.33. The number of hydrogen-bond donors (Lipinski definition) is 2. The molecular formula is C28H34N2O4. The largest absolute Gasteiger partial charge is 0.496 e. The number of carboxylic acid groups (broad SMARTS) is 1. The van der Waals surface area contributed by atoms with Crippen LogP contribution in [0.2, 0.25) is 0 Å². The first-order valence-electron chi connectivity index (χ1n) is 12.1. The van der Waals surface area contributed by atoms with Gasteiger partial charge in [0, 0.05) is 43.0 Å². The molecule has 1 atom stereocenters. The van der Waals surface area contributed by atoms with Crippen LogP contribution in [0.4, 0.5) is 0 Å². The molecule has 1 saturated carbocycles. The fourth-order valence-electron chi connectivity index (χ4n) is 5.10. The highest BCUT2D eigenvalue weighted by Crippen LogP contribution is 2.29. The molecule has 3 aromatic rings. The zero-order chi connectivity index (χ0) is 24.2. The number of hydrogen-bond acceptors (Lipinski definition) is 3. The van der Waals surface area contributed by atoms with Crippen molar-refractivity contribution in [3.8, 4) is 5.75 Å². The van der Waals surface area contributed by atoms with Crippen molar-refractivity contribution in [2.24, 2.45) is 18.9 Å². The van der Waals surface area contributed by atoms with Gasteiger partial charge < -0.3 is 19.7 Å². The average molecular weight is 463 g/mol. The Hall–Kier alpha value is -3.28. The zero-order valence-corrected chi connectivity index (χ0v) is 20.3. The predicted octanol–water partition coefficient (Wildman–Crippen LogP) is 4.96. The average Bonchev–Trinajstić information content (AvgIpc) is 3.45.